The molecule has 0 N–H and O–H groups in total. The van der Waals surface area contributed by atoms with Gasteiger partial charge in [-0.15, -0.1) is 0 Å². The largest absolute Gasteiger partial charge is 0.462 e. The lowest BCUT2D eigenvalue weighted by molar-refractivity contribution is -0.166. The predicted molar refractivity (Wildman–Crippen MR) is 260 cm³/mol. The number of hydrogen-bond donors (Lipinski definition) is 0. The topological polar surface area (TPSA) is 78.9 Å². The van der Waals surface area contributed by atoms with Crippen LogP contribution in [0.1, 0.15) is 201 Å². The zero-order chi connectivity index (χ0) is 44.4. The predicted octanol–water partition coefficient (Wildman–Crippen LogP) is 16.0. The molecule has 0 bridgehead atoms. The molecule has 0 saturated carbocycles. The first-order chi connectivity index (χ1) is 30.0. The molecule has 0 rings (SSSR count). The van der Waals surface area contributed by atoms with Crippen molar-refractivity contribution in [1.29, 1.82) is 0 Å². The highest BCUT2D eigenvalue weighted by atomic mass is 16.6. The van der Waals surface area contributed by atoms with Crippen LogP contribution < -0.4 is 0 Å². The Hall–Kier alpha value is -3.93. The highest BCUT2D eigenvalue weighted by Crippen LogP contribution is 2.12. The fourth-order valence-corrected chi connectivity index (χ4v) is 6.07. The van der Waals surface area contributed by atoms with E-state index in [0.717, 1.165) is 122 Å². The fourth-order valence-electron chi connectivity index (χ4n) is 6.07. The lowest BCUT2D eigenvalue weighted by Gasteiger charge is -2.18. The quantitative estimate of drug-likeness (QED) is 0.0264. The Morgan fingerprint density at radius 3 is 1.18 bits per heavy atom. The van der Waals surface area contributed by atoms with E-state index < -0.39 is 6.10 Å². The highest BCUT2D eigenvalue weighted by Gasteiger charge is 2.19. The van der Waals surface area contributed by atoms with Gasteiger partial charge in [-0.2, -0.15) is 0 Å². The van der Waals surface area contributed by atoms with Crippen LogP contribution in [-0.2, 0) is 28.6 Å². The molecule has 0 aromatic heterocycles. The van der Waals surface area contributed by atoms with Crippen molar-refractivity contribution >= 4 is 17.9 Å². The van der Waals surface area contributed by atoms with Crippen molar-refractivity contribution in [3.05, 3.63) is 109 Å². The lowest BCUT2D eigenvalue weighted by atomic mass is 10.1. The van der Waals surface area contributed by atoms with Crippen LogP contribution in [0.5, 0.6) is 0 Å². The molecular weight excluding hydrogens is 757 g/mol. The Kier molecular flexibility index (Phi) is 45.6. The summed E-state index contributed by atoms with van der Waals surface area (Å²) in [4.78, 5) is 37.8. The average molecular weight is 845 g/mol. The summed E-state index contributed by atoms with van der Waals surface area (Å²) in [5.41, 5.74) is 0. The minimum Gasteiger partial charge on any atom is -0.462 e. The summed E-state index contributed by atoms with van der Waals surface area (Å²) in [5, 5.41) is 0. The smallest absolute Gasteiger partial charge is 0.306 e. The molecule has 0 aromatic carbocycles. The van der Waals surface area contributed by atoms with E-state index in [1.54, 1.807) is 0 Å². The van der Waals surface area contributed by atoms with Crippen molar-refractivity contribution < 1.29 is 28.6 Å². The van der Waals surface area contributed by atoms with Crippen LogP contribution in [-0.4, -0.2) is 37.2 Å². The highest BCUT2D eigenvalue weighted by molar-refractivity contribution is 5.71. The molecule has 0 fully saturated rings. The van der Waals surface area contributed by atoms with Crippen LogP contribution in [0.4, 0.5) is 0 Å². The van der Waals surface area contributed by atoms with Crippen LogP contribution in [0.2, 0.25) is 0 Å². The van der Waals surface area contributed by atoms with E-state index in [2.05, 4.69) is 118 Å². The summed E-state index contributed by atoms with van der Waals surface area (Å²) in [5.74, 6) is -1.04. The summed E-state index contributed by atoms with van der Waals surface area (Å²) in [6.07, 6.45) is 65.1. The standard InChI is InChI=1S/C55H88O6/c1-4-7-10-13-16-19-22-24-25-26-27-28-29-31-33-36-39-42-45-48-54(57)60-51-52(50-59-53(56)47-44-41-38-35-32-21-18-15-12-9-6-3)61-55(58)49-46-43-40-37-34-30-23-20-17-14-11-8-5-2/h7,10-11,14-16,18-20,23-25,27-28,31,33,39,42,52H,4-6,8-9,12-13,17,21-22,26,29-30,32,34-38,40-41,43-51H2,1-3H3/b10-7-,14-11-,18-15-,19-16-,23-20-,25-24-,28-27-,33-31-,42-39-. The van der Waals surface area contributed by atoms with Gasteiger partial charge in [-0.25, -0.2) is 0 Å². The van der Waals surface area contributed by atoms with E-state index in [0.29, 0.717) is 19.3 Å². The van der Waals surface area contributed by atoms with E-state index in [-0.39, 0.29) is 37.5 Å². The molecule has 0 aliphatic heterocycles. The zero-order valence-corrected chi connectivity index (χ0v) is 39.1. The molecule has 0 amide bonds. The number of carbonyl (C=O) groups is 3. The molecule has 0 spiro atoms. The third kappa shape index (κ3) is 47.0. The number of rotatable bonds is 42. The van der Waals surface area contributed by atoms with E-state index in [1.807, 2.05) is 12.2 Å². The van der Waals surface area contributed by atoms with E-state index in [1.165, 1.54) is 32.1 Å². The molecule has 0 saturated heterocycles. The Bertz CT molecular complexity index is 1290. The number of hydrogen-bond acceptors (Lipinski definition) is 6. The molecule has 1 atom stereocenters. The van der Waals surface area contributed by atoms with Crippen molar-refractivity contribution in [3.8, 4) is 0 Å². The summed E-state index contributed by atoms with van der Waals surface area (Å²) in [6, 6.07) is 0. The second-order valence-electron chi connectivity index (χ2n) is 15.6. The van der Waals surface area contributed by atoms with E-state index in [9.17, 15) is 14.4 Å². The molecule has 0 radical (unpaired) electrons. The molecule has 61 heavy (non-hydrogen) atoms. The van der Waals surface area contributed by atoms with Gasteiger partial charge in [0.25, 0.3) is 0 Å². The molecule has 1 unspecified atom stereocenters. The van der Waals surface area contributed by atoms with Crippen molar-refractivity contribution in [2.45, 2.75) is 207 Å². The normalized spacial score (nSPS) is 13.0. The van der Waals surface area contributed by atoms with Gasteiger partial charge in [-0.1, -0.05) is 188 Å². The zero-order valence-electron chi connectivity index (χ0n) is 39.1. The average Bonchev–Trinajstić information content (AvgIpc) is 3.26. The van der Waals surface area contributed by atoms with Crippen molar-refractivity contribution in [2.75, 3.05) is 13.2 Å². The first kappa shape index (κ1) is 57.1. The molecule has 344 valence electrons. The maximum atomic E-state index is 12.7. The number of esters is 3. The molecule has 0 aliphatic rings. The van der Waals surface area contributed by atoms with Gasteiger partial charge in [0, 0.05) is 19.3 Å². The molecule has 0 aliphatic carbocycles. The Labute approximate surface area is 374 Å². The molecule has 0 aromatic rings. The second kappa shape index (κ2) is 48.7. The minimum absolute atomic E-state index is 0.114. The van der Waals surface area contributed by atoms with Crippen molar-refractivity contribution in [1.82, 2.24) is 0 Å². The Morgan fingerprint density at radius 2 is 0.705 bits per heavy atom. The summed E-state index contributed by atoms with van der Waals surface area (Å²) >= 11 is 0. The first-order valence-corrected chi connectivity index (χ1v) is 24.4. The maximum Gasteiger partial charge on any atom is 0.306 e. The van der Waals surface area contributed by atoms with Crippen molar-refractivity contribution in [2.24, 2.45) is 0 Å². The van der Waals surface area contributed by atoms with Gasteiger partial charge in [-0.05, 0) is 103 Å². The SMILES string of the molecule is CC/C=C\C/C=C\C/C=C\C/C=C\C/C=C\C/C=C\CCC(=O)OCC(COC(=O)CCCCCCC/C=C\CCCC)OC(=O)CCCCCCC/C=C\C/C=C\CCC. The van der Waals surface area contributed by atoms with Crippen LogP contribution >= 0.6 is 0 Å². The number of ether oxygens (including phenoxy) is 3. The van der Waals surface area contributed by atoms with Gasteiger partial charge in [0.05, 0.1) is 0 Å². The minimum atomic E-state index is -0.819. The first-order valence-electron chi connectivity index (χ1n) is 24.4. The molecule has 6 nitrogen and oxygen atoms in total. The second-order valence-corrected chi connectivity index (χ2v) is 15.6. The van der Waals surface area contributed by atoms with E-state index >= 15 is 0 Å². The van der Waals surface area contributed by atoms with Gasteiger partial charge in [0.15, 0.2) is 6.10 Å². The van der Waals surface area contributed by atoms with Crippen LogP contribution in [0.15, 0.2) is 109 Å². The maximum absolute atomic E-state index is 12.7. The summed E-state index contributed by atoms with van der Waals surface area (Å²) < 4.78 is 16.6. The van der Waals surface area contributed by atoms with Gasteiger partial charge >= 0.3 is 17.9 Å². The van der Waals surface area contributed by atoms with Gasteiger partial charge in [0.2, 0.25) is 0 Å². The van der Waals surface area contributed by atoms with E-state index in [4.69, 9.17) is 14.2 Å². The van der Waals surface area contributed by atoms with Gasteiger partial charge in [-0.3, -0.25) is 14.4 Å². The van der Waals surface area contributed by atoms with Gasteiger partial charge < -0.3 is 14.2 Å². The molecule has 0 heterocycles. The fraction of sp³-hybridized carbons (Fsp3) is 0.618. The van der Waals surface area contributed by atoms with Crippen LogP contribution in [0.3, 0.4) is 0 Å². The number of allylic oxidation sites excluding steroid dienone is 18. The lowest BCUT2D eigenvalue weighted by Crippen LogP contribution is -2.30. The number of carbonyl (C=O) groups excluding carboxylic acids is 3. The van der Waals surface area contributed by atoms with Crippen molar-refractivity contribution in [3.63, 3.8) is 0 Å². The van der Waals surface area contributed by atoms with Crippen LogP contribution in [0, 0.1) is 0 Å². The third-order valence-corrected chi connectivity index (χ3v) is 9.73. The summed E-state index contributed by atoms with van der Waals surface area (Å²) in [7, 11) is 0. The third-order valence-electron chi connectivity index (χ3n) is 9.73. The Morgan fingerprint density at radius 1 is 0.344 bits per heavy atom. The van der Waals surface area contributed by atoms with Gasteiger partial charge in [0.1, 0.15) is 13.2 Å². The van der Waals surface area contributed by atoms with Crippen LogP contribution in [0.25, 0.3) is 0 Å². The monoisotopic (exact) mass is 845 g/mol. The molecule has 6 heteroatoms. The molecular formula is C55H88O6. The Balaban J connectivity index is 4.53. The number of unbranched alkanes of at least 4 members (excludes halogenated alkanes) is 13. The summed E-state index contributed by atoms with van der Waals surface area (Å²) in [6.45, 7) is 6.31.